The summed E-state index contributed by atoms with van der Waals surface area (Å²) in [5.41, 5.74) is 0.0507. The Morgan fingerprint density at radius 2 is 1.50 bits per heavy atom. The average Bonchev–Trinajstić information content (AvgIpc) is 2.88. The Hall–Kier alpha value is -4.37. The highest BCUT2D eigenvalue weighted by Gasteiger charge is 2.34. The lowest BCUT2D eigenvalue weighted by Crippen LogP contribution is -2.49. The van der Waals surface area contributed by atoms with Crippen molar-refractivity contribution in [1.82, 2.24) is 14.3 Å². The van der Waals surface area contributed by atoms with Crippen LogP contribution in [0.5, 0.6) is 5.75 Å². The maximum atomic E-state index is 13.3. The van der Waals surface area contributed by atoms with Gasteiger partial charge < -0.3 is 15.0 Å². The highest BCUT2D eigenvalue weighted by atomic mass is 32.2. The van der Waals surface area contributed by atoms with Gasteiger partial charge in [0.25, 0.3) is 11.4 Å². The number of hydrogen-bond donors (Lipinski definition) is 1. The summed E-state index contributed by atoms with van der Waals surface area (Å²) in [4.78, 5) is 31.5. The van der Waals surface area contributed by atoms with Gasteiger partial charge in [-0.2, -0.15) is 9.29 Å². The maximum absolute atomic E-state index is 13.3. The molecule has 0 bridgehead atoms. The van der Waals surface area contributed by atoms with Gasteiger partial charge in [-0.15, -0.1) is 0 Å². The summed E-state index contributed by atoms with van der Waals surface area (Å²) in [5, 5.41) is 26.0. The summed E-state index contributed by atoms with van der Waals surface area (Å²) in [6, 6.07) is 10.8. The van der Waals surface area contributed by atoms with Crippen LogP contribution in [0.1, 0.15) is 11.3 Å². The van der Waals surface area contributed by atoms with E-state index < -0.39 is 36.1 Å². The van der Waals surface area contributed by atoms with Crippen LogP contribution in [-0.2, 0) is 10.0 Å². The fourth-order valence-electron chi connectivity index (χ4n) is 4.05. The van der Waals surface area contributed by atoms with Crippen molar-refractivity contribution >= 4 is 38.9 Å². The highest BCUT2D eigenvalue weighted by molar-refractivity contribution is 7.89. The van der Waals surface area contributed by atoms with Gasteiger partial charge in [0.05, 0.1) is 21.9 Å². The third-order valence-corrected chi connectivity index (χ3v) is 7.96. The molecule has 2 heterocycles. The Morgan fingerprint density at radius 1 is 0.921 bits per heavy atom. The Labute approximate surface area is 218 Å². The van der Waals surface area contributed by atoms with Gasteiger partial charge in [0.1, 0.15) is 17.1 Å². The number of ether oxygens (including phenoxy) is 1. The first kappa shape index (κ1) is 26.7. The molecule has 1 aliphatic rings. The molecule has 1 fully saturated rings. The molecule has 38 heavy (non-hydrogen) atoms. The number of nitrogens with one attached hydrogen (secondary N) is 1. The van der Waals surface area contributed by atoms with E-state index in [0.717, 1.165) is 27.9 Å². The Bertz CT molecular complexity index is 1450. The van der Waals surface area contributed by atoms with E-state index in [4.69, 9.17) is 4.74 Å². The van der Waals surface area contributed by atoms with Gasteiger partial charge in [0, 0.05) is 55.8 Å². The van der Waals surface area contributed by atoms with Crippen LogP contribution in [0.4, 0.5) is 28.8 Å². The fourth-order valence-corrected chi connectivity index (χ4v) is 5.51. The lowest BCUT2D eigenvalue weighted by molar-refractivity contribution is -0.395. The molecule has 0 aliphatic carbocycles. The van der Waals surface area contributed by atoms with E-state index >= 15 is 0 Å². The van der Waals surface area contributed by atoms with Gasteiger partial charge in [-0.25, -0.2) is 13.4 Å². The van der Waals surface area contributed by atoms with Crippen LogP contribution in [0.2, 0.25) is 0 Å². The molecule has 0 spiro atoms. The van der Waals surface area contributed by atoms with Crippen molar-refractivity contribution < 1.29 is 23.0 Å². The van der Waals surface area contributed by atoms with Crippen LogP contribution in [0, 0.1) is 34.1 Å². The summed E-state index contributed by atoms with van der Waals surface area (Å²) in [6.45, 7) is 3.61. The molecule has 1 aromatic heterocycles. The number of hydrogen-bond acceptors (Lipinski definition) is 11. The van der Waals surface area contributed by atoms with Crippen molar-refractivity contribution in [2.24, 2.45) is 0 Å². The topological polar surface area (TPSA) is 174 Å². The summed E-state index contributed by atoms with van der Waals surface area (Å²) < 4.78 is 32.8. The Morgan fingerprint density at radius 3 is 2.03 bits per heavy atom. The highest BCUT2D eigenvalue weighted by Crippen LogP contribution is 2.33. The molecule has 200 valence electrons. The number of rotatable bonds is 8. The van der Waals surface area contributed by atoms with Gasteiger partial charge in [-0.05, 0) is 38.1 Å². The molecular formula is C23H25N7O7S. The molecule has 0 unspecified atom stereocenters. The molecule has 1 N–H and O–H groups in total. The van der Waals surface area contributed by atoms with Crippen molar-refractivity contribution in [2.45, 2.75) is 18.7 Å². The van der Waals surface area contributed by atoms with E-state index in [1.165, 1.54) is 6.92 Å². The predicted octanol–water partition coefficient (Wildman–Crippen LogP) is 3.17. The summed E-state index contributed by atoms with van der Waals surface area (Å²) in [7, 11) is -2.64. The smallest absolute Gasteiger partial charge is 0.280 e. The number of anilines is 3. The van der Waals surface area contributed by atoms with Gasteiger partial charge in [0.2, 0.25) is 16.0 Å². The normalized spacial score (nSPS) is 14.2. The zero-order valence-electron chi connectivity index (χ0n) is 20.8. The second kappa shape index (κ2) is 10.5. The second-order valence-corrected chi connectivity index (χ2v) is 10.5. The minimum absolute atomic E-state index is 0.0380. The number of aromatic nitrogens is 2. The van der Waals surface area contributed by atoms with Gasteiger partial charge in [-0.1, -0.05) is 0 Å². The first-order valence-corrected chi connectivity index (χ1v) is 12.9. The number of benzene rings is 2. The number of methoxy groups -OCH3 is 1. The minimum atomic E-state index is -4.22. The minimum Gasteiger partial charge on any atom is -0.497 e. The van der Waals surface area contributed by atoms with Crippen LogP contribution < -0.4 is 15.0 Å². The SMILES string of the molecule is COc1ccc(Nc2cc(C)nc(N3CCN(S(=O)(=O)c4cc([N+](=O)[O-])c(C)c([N+](=O)[O-])c4)CC3)n2)cc1. The molecule has 0 amide bonds. The monoisotopic (exact) mass is 543 g/mol. The summed E-state index contributed by atoms with van der Waals surface area (Å²) >= 11 is 0. The first-order valence-electron chi connectivity index (χ1n) is 11.4. The van der Waals surface area contributed by atoms with Crippen molar-refractivity contribution in [2.75, 3.05) is 43.5 Å². The van der Waals surface area contributed by atoms with Crippen LogP contribution in [0.15, 0.2) is 47.4 Å². The van der Waals surface area contributed by atoms with Gasteiger partial charge in [-0.3, -0.25) is 20.2 Å². The maximum Gasteiger partial charge on any atom is 0.280 e. The van der Waals surface area contributed by atoms with E-state index in [9.17, 15) is 28.6 Å². The van der Waals surface area contributed by atoms with Gasteiger partial charge in [0.15, 0.2) is 0 Å². The van der Waals surface area contributed by atoms with E-state index in [1.807, 2.05) is 36.1 Å². The van der Waals surface area contributed by atoms with Crippen molar-refractivity contribution in [1.29, 1.82) is 0 Å². The van der Waals surface area contributed by atoms with Crippen LogP contribution in [0.3, 0.4) is 0 Å². The van der Waals surface area contributed by atoms with Gasteiger partial charge >= 0.3 is 0 Å². The number of nitrogens with zero attached hydrogens (tertiary/aromatic N) is 6. The molecular weight excluding hydrogens is 518 g/mol. The zero-order chi connectivity index (χ0) is 27.6. The average molecular weight is 544 g/mol. The molecule has 15 heteroatoms. The summed E-state index contributed by atoms with van der Waals surface area (Å²) in [6.07, 6.45) is 0. The first-order chi connectivity index (χ1) is 18.0. The molecule has 1 aliphatic heterocycles. The Balaban J connectivity index is 1.52. The number of nitro groups is 2. The summed E-state index contributed by atoms with van der Waals surface area (Å²) in [5.74, 6) is 1.70. The molecule has 14 nitrogen and oxygen atoms in total. The number of sulfonamides is 1. The molecule has 3 aromatic rings. The molecule has 0 atom stereocenters. The van der Waals surface area contributed by atoms with E-state index in [0.29, 0.717) is 17.5 Å². The third-order valence-electron chi connectivity index (χ3n) is 6.08. The molecule has 0 saturated carbocycles. The largest absolute Gasteiger partial charge is 0.497 e. The quantitative estimate of drug-likeness (QED) is 0.326. The van der Waals surface area contributed by atoms with Crippen molar-refractivity contribution in [3.63, 3.8) is 0 Å². The van der Waals surface area contributed by atoms with E-state index in [1.54, 1.807) is 13.2 Å². The second-order valence-electron chi connectivity index (χ2n) is 8.54. The lowest BCUT2D eigenvalue weighted by Gasteiger charge is -2.34. The molecule has 0 radical (unpaired) electrons. The van der Waals surface area contributed by atoms with Crippen LogP contribution in [0.25, 0.3) is 0 Å². The lowest BCUT2D eigenvalue weighted by atomic mass is 10.1. The predicted molar refractivity (Wildman–Crippen MR) is 139 cm³/mol. The number of nitro benzene ring substituents is 2. The van der Waals surface area contributed by atoms with E-state index in [-0.39, 0.29) is 31.7 Å². The fraction of sp³-hybridized carbons (Fsp3) is 0.304. The van der Waals surface area contributed by atoms with Crippen molar-refractivity contribution in [3.05, 3.63) is 74.0 Å². The Kier molecular flexibility index (Phi) is 7.41. The van der Waals surface area contributed by atoms with Crippen molar-refractivity contribution in [3.8, 4) is 5.75 Å². The molecule has 2 aromatic carbocycles. The molecule has 1 saturated heterocycles. The number of aryl methyl sites for hydroxylation is 1. The molecule has 4 rings (SSSR count). The number of piperazine rings is 1. The zero-order valence-corrected chi connectivity index (χ0v) is 21.6. The van der Waals surface area contributed by atoms with E-state index in [2.05, 4.69) is 15.3 Å². The standard InChI is InChI=1S/C23H25N7O7S/c1-15-12-22(25-17-4-6-18(37-3)7-5-17)26-23(24-15)27-8-10-28(11-9-27)38(35,36)19-13-20(29(31)32)16(2)21(14-19)30(33)34/h4-7,12-14H,8-11H2,1-3H3,(H,24,25,26). The van der Waals surface area contributed by atoms with Crippen LogP contribution >= 0.6 is 0 Å². The third kappa shape index (κ3) is 5.47. The van der Waals surface area contributed by atoms with Crippen LogP contribution in [-0.4, -0.2) is 65.8 Å².